The molecular weight excluding hydrogens is 132 g/mol. The maximum absolute atomic E-state index is 3.89. The molecule has 0 aliphatic heterocycles. The number of allylic oxidation sites excluding steroid dienone is 3. The van der Waals surface area contributed by atoms with Crippen LogP contribution in [0.25, 0.3) is 0 Å². The summed E-state index contributed by atoms with van der Waals surface area (Å²) >= 11 is 0. The molecule has 2 bridgehead atoms. The van der Waals surface area contributed by atoms with E-state index in [2.05, 4.69) is 18.7 Å². The molecule has 0 amide bonds. The summed E-state index contributed by atoms with van der Waals surface area (Å²) in [5.41, 5.74) is 1.57. The second-order valence-electron chi connectivity index (χ2n) is 4.38. The van der Waals surface area contributed by atoms with Crippen molar-refractivity contribution in [2.75, 3.05) is 0 Å². The quantitative estimate of drug-likeness (QED) is 0.533. The molecule has 2 saturated carbocycles. The van der Waals surface area contributed by atoms with Crippen molar-refractivity contribution in [3.05, 3.63) is 24.3 Å². The lowest BCUT2D eigenvalue weighted by Crippen LogP contribution is -2.11. The molecule has 0 saturated heterocycles. The summed E-state index contributed by atoms with van der Waals surface area (Å²) in [6.45, 7) is 3.89. The van der Waals surface area contributed by atoms with Crippen molar-refractivity contribution in [1.82, 2.24) is 0 Å². The van der Waals surface area contributed by atoms with Gasteiger partial charge in [-0.25, -0.2) is 0 Å². The zero-order chi connectivity index (χ0) is 7.42. The van der Waals surface area contributed by atoms with E-state index in [1.54, 1.807) is 5.57 Å². The van der Waals surface area contributed by atoms with E-state index in [1.807, 2.05) is 0 Å². The highest BCUT2D eigenvalue weighted by Crippen LogP contribution is 2.59. The largest absolute Gasteiger partial charge is 0.0988 e. The highest BCUT2D eigenvalue weighted by Gasteiger charge is 2.49. The van der Waals surface area contributed by atoms with E-state index in [0.717, 1.165) is 23.7 Å². The number of hydrogen-bond donors (Lipinski definition) is 0. The topological polar surface area (TPSA) is 0 Å². The summed E-state index contributed by atoms with van der Waals surface area (Å²) in [5, 5.41) is 0. The molecule has 0 nitrogen and oxygen atoms in total. The molecule has 2 fully saturated rings. The third-order valence-electron chi connectivity index (χ3n) is 3.94. The van der Waals surface area contributed by atoms with Gasteiger partial charge in [-0.1, -0.05) is 18.7 Å². The van der Waals surface area contributed by atoms with Crippen LogP contribution in [-0.2, 0) is 0 Å². The van der Waals surface area contributed by atoms with Crippen molar-refractivity contribution in [2.45, 2.75) is 19.3 Å². The predicted octanol–water partition coefficient (Wildman–Crippen LogP) is 2.77. The predicted molar refractivity (Wildman–Crippen MR) is 46.1 cm³/mol. The molecule has 3 aliphatic carbocycles. The summed E-state index contributed by atoms with van der Waals surface area (Å²) in [7, 11) is 0. The Bertz CT molecular complexity index is 236. The van der Waals surface area contributed by atoms with E-state index in [-0.39, 0.29) is 0 Å². The average Bonchev–Trinajstić information content (AvgIpc) is 2.56. The van der Waals surface area contributed by atoms with Gasteiger partial charge in [-0.05, 0) is 48.5 Å². The molecule has 0 heterocycles. The Kier molecular flexibility index (Phi) is 0.988. The first-order chi connectivity index (χ1) is 5.38. The van der Waals surface area contributed by atoms with Gasteiger partial charge in [0.1, 0.15) is 0 Å². The molecule has 0 aromatic rings. The van der Waals surface area contributed by atoms with Crippen LogP contribution in [0.5, 0.6) is 0 Å². The van der Waals surface area contributed by atoms with Gasteiger partial charge in [-0.3, -0.25) is 0 Å². The highest BCUT2D eigenvalue weighted by atomic mass is 14.5. The average molecular weight is 146 g/mol. The van der Waals surface area contributed by atoms with Crippen molar-refractivity contribution in [3.8, 4) is 0 Å². The summed E-state index contributed by atoms with van der Waals surface area (Å²) < 4.78 is 0. The smallest absolute Gasteiger partial charge is 0.0129 e. The fourth-order valence-corrected chi connectivity index (χ4v) is 3.57. The maximum atomic E-state index is 3.89. The molecule has 0 N–H and O–H groups in total. The summed E-state index contributed by atoms with van der Waals surface area (Å²) in [5.74, 6) is 3.99. The van der Waals surface area contributed by atoms with Crippen LogP contribution in [0.15, 0.2) is 24.3 Å². The van der Waals surface area contributed by atoms with E-state index in [0.29, 0.717) is 0 Å². The Morgan fingerprint density at radius 2 is 2.27 bits per heavy atom. The standard InChI is InChI=1S/C11H14/c1-2-8-6-9-3-7-4-10(8)11(9)5-7/h2,6-7,9-11H,1,3-5H2. The van der Waals surface area contributed by atoms with Gasteiger partial charge >= 0.3 is 0 Å². The monoisotopic (exact) mass is 146 g/mol. The molecule has 0 aromatic heterocycles. The minimum absolute atomic E-state index is 0.927. The van der Waals surface area contributed by atoms with E-state index in [4.69, 9.17) is 0 Å². The molecule has 3 aliphatic rings. The molecule has 0 radical (unpaired) electrons. The lowest BCUT2D eigenvalue weighted by Gasteiger charge is -2.19. The number of fused-ring (bicyclic) bond motifs is 1. The minimum Gasteiger partial charge on any atom is -0.0988 e. The van der Waals surface area contributed by atoms with Crippen LogP contribution in [0.4, 0.5) is 0 Å². The van der Waals surface area contributed by atoms with E-state index in [1.165, 1.54) is 19.3 Å². The van der Waals surface area contributed by atoms with Crippen LogP contribution in [0.3, 0.4) is 0 Å². The fourth-order valence-electron chi connectivity index (χ4n) is 3.57. The van der Waals surface area contributed by atoms with Gasteiger partial charge in [0, 0.05) is 0 Å². The Morgan fingerprint density at radius 1 is 1.36 bits per heavy atom. The third-order valence-corrected chi connectivity index (χ3v) is 3.94. The lowest BCUT2D eigenvalue weighted by atomic mass is 9.85. The molecule has 4 atom stereocenters. The number of rotatable bonds is 1. The van der Waals surface area contributed by atoms with Crippen LogP contribution in [0.2, 0.25) is 0 Å². The molecule has 0 aromatic carbocycles. The molecule has 0 heteroatoms. The fraction of sp³-hybridized carbons (Fsp3) is 0.636. The van der Waals surface area contributed by atoms with E-state index >= 15 is 0 Å². The van der Waals surface area contributed by atoms with Crippen LogP contribution in [0.1, 0.15) is 19.3 Å². The SMILES string of the molecule is C=CC1=CC2CC3CC1C2C3. The maximum Gasteiger partial charge on any atom is -0.0129 e. The highest BCUT2D eigenvalue weighted by molar-refractivity contribution is 5.31. The van der Waals surface area contributed by atoms with Gasteiger partial charge in [0.05, 0.1) is 0 Å². The Labute approximate surface area is 68.0 Å². The summed E-state index contributed by atoms with van der Waals surface area (Å²) in [6, 6.07) is 0. The normalized spacial score (nSPS) is 51.5. The molecular formula is C11H14. The first-order valence-corrected chi connectivity index (χ1v) is 4.72. The first-order valence-electron chi connectivity index (χ1n) is 4.72. The molecule has 0 spiro atoms. The Hall–Kier alpha value is -0.520. The van der Waals surface area contributed by atoms with Crippen LogP contribution < -0.4 is 0 Å². The Balaban J connectivity index is 2.03. The zero-order valence-electron chi connectivity index (χ0n) is 6.79. The summed E-state index contributed by atoms with van der Waals surface area (Å²) in [6.07, 6.45) is 9.06. The van der Waals surface area contributed by atoms with Gasteiger partial charge in [0.15, 0.2) is 0 Å². The van der Waals surface area contributed by atoms with E-state index in [9.17, 15) is 0 Å². The Morgan fingerprint density at radius 3 is 2.91 bits per heavy atom. The van der Waals surface area contributed by atoms with Crippen molar-refractivity contribution in [1.29, 1.82) is 0 Å². The van der Waals surface area contributed by atoms with Crippen molar-refractivity contribution in [2.24, 2.45) is 23.7 Å². The first kappa shape index (κ1) is 6.05. The summed E-state index contributed by atoms with van der Waals surface area (Å²) in [4.78, 5) is 0. The van der Waals surface area contributed by atoms with Gasteiger partial charge in [-0.15, -0.1) is 0 Å². The van der Waals surface area contributed by atoms with E-state index < -0.39 is 0 Å². The van der Waals surface area contributed by atoms with Crippen LogP contribution >= 0.6 is 0 Å². The van der Waals surface area contributed by atoms with Crippen LogP contribution in [0, 0.1) is 23.7 Å². The second kappa shape index (κ2) is 1.80. The molecule has 58 valence electrons. The van der Waals surface area contributed by atoms with Gasteiger partial charge < -0.3 is 0 Å². The van der Waals surface area contributed by atoms with Crippen molar-refractivity contribution < 1.29 is 0 Å². The van der Waals surface area contributed by atoms with Gasteiger partial charge in [-0.2, -0.15) is 0 Å². The lowest BCUT2D eigenvalue weighted by molar-refractivity contribution is 0.350. The minimum atomic E-state index is 0.927. The molecule has 3 rings (SSSR count). The van der Waals surface area contributed by atoms with Crippen LogP contribution in [-0.4, -0.2) is 0 Å². The third kappa shape index (κ3) is 0.610. The molecule has 11 heavy (non-hydrogen) atoms. The zero-order valence-corrected chi connectivity index (χ0v) is 6.79. The van der Waals surface area contributed by atoms with Crippen molar-refractivity contribution >= 4 is 0 Å². The number of hydrogen-bond acceptors (Lipinski definition) is 0. The van der Waals surface area contributed by atoms with Gasteiger partial charge in [0.25, 0.3) is 0 Å². The van der Waals surface area contributed by atoms with Gasteiger partial charge in [0.2, 0.25) is 0 Å². The van der Waals surface area contributed by atoms with Crippen molar-refractivity contribution in [3.63, 3.8) is 0 Å². The second-order valence-corrected chi connectivity index (χ2v) is 4.38. The molecule has 4 unspecified atom stereocenters.